The fraction of sp³-hybridized carbons (Fsp3) is 0.583. The number of nitrogens with two attached hydrogens (primary N) is 1. The zero-order valence-electron chi connectivity index (χ0n) is 21.2. The Balaban J connectivity index is 1.22. The summed E-state index contributed by atoms with van der Waals surface area (Å²) in [6.45, 7) is 3.15. The number of likely N-dealkylation sites (N-methyl/N-ethyl adjacent to an activating group) is 1. The average Bonchev–Trinajstić information content (AvgIpc) is 3.44. The first kappa shape index (κ1) is 26.6. The second kappa shape index (κ2) is 11.0. The minimum absolute atomic E-state index is 0.0887. The van der Waals surface area contributed by atoms with Gasteiger partial charge in [-0.15, -0.1) is 0 Å². The van der Waals surface area contributed by atoms with Crippen LogP contribution in [0.4, 0.5) is 10.6 Å². The second-order valence-corrected chi connectivity index (χ2v) is 9.66. The molecule has 3 aliphatic rings. The number of hydrogen-bond donors (Lipinski definition) is 5. The van der Waals surface area contributed by atoms with Crippen LogP contribution in [0.15, 0.2) is 6.33 Å². The van der Waals surface area contributed by atoms with E-state index in [4.69, 9.17) is 15.2 Å². The molecule has 39 heavy (non-hydrogen) atoms. The summed E-state index contributed by atoms with van der Waals surface area (Å²) in [4.78, 5) is 49.8. The van der Waals surface area contributed by atoms with Crippen molar-refractivity contribution in [3.05, 3.63) is 12.2 Å². The van der Waals surface area contributed by atoms with Gasteiger partial charge in [0.15, 0.2) is 30.0 Å². The van der Waals surface area contributed by atoms with Gasteiger partial charge in [0.05, 0.1) is 12.7 Å². The van der Waals surface area contributed by atoms with Crippen molar-refractivity contribution in [1.29, 1.82) is 0 Å². The minimum Gasteiger partial charge on any atom is -0.425 e. The number of aromatic nitrogens is 4. The second-order valence-electron chi connectivity index (χ2n) is 9.66. The Morgan fingerprint density at radius 1 is 1.28 bits per heavy atom. The van der Waals surface area contributed by atoms with Gasteiger partial charge in [0, 0.05) is 26.1 Å². The lowest BCUT2D eigenvalue weighted by molar-refractivity contribution is -0.138. The monoisotopic (exact) mass is 542 g/mol. The largest absolute Gasteiger partial charge is 0.425 e. The molecule has 0 radical (unpaired) electrons. The molecule has 15 nitrogen and oxygen atoms in total. The van der Waals surface area contributed by atoms with Crippen LogP contribution in [-0.2, 0) is 19.1 Å². The highest BCUT2D eigenvalue weighted by Crippen LogP contribution is 2.32. The highest BCUT2D eigenvalue weighted by molar-refractivity contribution is 5.84. The van der Waals surface area contributed by atoms with Crippen LogP contribution in [0.3, 0.4) is 0 Å². The normalized spacial score (nSPS) is 26.9. The lowest BCUT2D eigenvalue weighted by atomic mass is 9.94. The van der Waals surface area contributed by atoms with E-state index in [0.717, 1.165) is 12.8 Å². The lowest BCUT2D eigenvalue weighted by Crippen LogP contribution is -2.53. The maximum Gasteiger partial charge on any atom is 0.411 e. The topological polar surface area (TPSA) is 207 Å². The zero-order valence-corrected chi connectivity index (χ0v) is 21.2. The lowest BCUT2D eigenvalue weighted by Gasteiger charge is -2.33. The summed E-state index contributed by atoms with van der Waals surface area (Å²) in [5.41, 5.74) is 6.59. The number of rotatable bonds is 5. The Morgan fingerprint density at radius 2 is 2.03 bits per heavy atom. The molecule has 0 bridgehead atoms. The molecule has 0 aromatic carbocycles. The van der Waals surface area contributed by atoms with E-state index in [-0.39, 0.29) is 41.1 Å². The van der Waals surface area contributed by atoms with Gasteiger partial charge in [-0.25, -0.2) is 19.7 Å². The summed E-state index contributed by atoms with van der Waals surface area (Å²) in [5, 5.41) is 26.0. The van der Waals surface area contributed by atoms with Gasteiger partial charge in [-0.3, -0.25) is 14.2 Å². The molecule has 5 heterocycles. The summed E-state index contributed by atoms with van der Waals surface area (Å²) in [6, 6.07) is 0. The van der Waals surface area contributed by atoms with E-state index >= 15 is 0 Å². The summed E-state index contributed by atoms with van der Waals surface area (Å²) in [6.07, 6.45) is -2.57. The fourth-order valence-electron chi connectivity index (χ4n) is 4.75. The van der Waals surface area contributed by atoms with E-state index in [9.17, 15) is 24.6 Å². The average molecular weight is 543 g/mol. The molecule has 0 saturated carbocycles. The maximum atomic E-state index is 12.2. The number of hydrogen-bond acceptors (Lipinski definition) is 11. The molecule has 5 atom stereocenters. The highest BCUT2D eigenvalue weighted by atomic mass is 16.6. The summed E-state index contributed by atoms with van der Waals surface area (Å²) >= 11 is 0. The standard InChI is InChI=1S/C24H30N8O7/c1-2-26-22(36)19-17(34)18(35)23(39-19)32-11-27-16-20(25)28-13(29-21(16)32)5-3-4-12-6-8-31(9-7-12)24(37)38-15-10-14(33)30-15/h11-12,15,17-19,23,34-35H,2,4,6-10H2,1H3,(H,26,36)(H,30,33)(H2,25,28,29). The van der Waals surface area contributed by atoms with Crippen LogP contribution in [0.2, 0.25) is 0 Å². The van der Waals surface area contributed by atoms with Crippen LogP contribution in [-0.4, -0.2) is 96.7 Å². The first-order valence-electron chi connectivity index (χ1n) is 12.8. The van der Waals surface area contributed by atoms with Crippen molar-refractivity contribution >= 4 is 34.9 Å². The molecule has 3 amide bonds. The van der Waals surface area contributed by atoms with Gasteiger partial charge >= 0.3 is 6.09 Å². The first-order valence-corrected chi connectivity index (χ1v) is 12.8. The van der Waals surface area contributed by atoms with E-state index in [2.05, 4.69) is 37.4 Å². The van der Waals surface area contributed by atoms with Crippen LogP contribution in [0.25, 0.3) is 11.2 Å². The number of imidazole rings is 1. The number of likely N-dealkylation sites (tertiary alicyclic amines) is 1. The number of piperidine rings is 1. The van der Waals surface area contributed by atoms with Crippen molar-refractivity contribution in [3.8, 4) is 11.8 Å². The molecule has 2 aromatic rings. The predicted molar refractivity (Wildman–Crippen MR) is 133 cm³/mol. The number of fused-ring (bicyclic) bond motifs is 1. The molecule has 3 aliphatic heterocycles. The molecule has 0 spiro atoms. The number of carbonyl (C=O) groups is 3. The molecule has 5 rings (SSSR count). The molecule has 2 aromatic heterocycles. The van der Waals surface area contributed by atoms with E-state index in [0.29, 0.717) is 26.1 Å². The third kappa shape index (κ3) is 5.44. The van der Waals surface area contributed by atoms with E-state index in [1.165, 1.54) is 10.9 Å². The van der Waals surface area contributed by atoms with Crippen LogP contribution < -0.4 is 16.4 Å². The molecule has 6 N–H and O–H groups in total. The quantitative estimate of drug-likeness (QED) is 0.219. The smallest absolute Gasteiger partial charge is 0.411 e. The maximum absolute atomic E-state index is 12.2. The molecular weight excluding hydrogens is 512 g/mol. The van der Waals surface area contributed by atoms with Gasteiger partial charge in [-0.2, -0.15) is 0 Å². The minimum atomic E-state index is -1.44. The molecule has 208 valence electrons. The molecule has 5 unspecified atom stereocenters. The van der Waals surface area contributed by atoms with Gasteiger partial charge < -0.3 is 41.0 Å². The Bertz CT molecular complexity index is 1320. The number of aliphatic hydroxyl groups is 2. The number of carbonyl (C=O) groups excluding carboxylic acids is 3. The van der Waals surface area contributed by atoms with E-state index in [1.54, 1.807) is 11.8 Å². The number of aliphatic hydroxyl groups excluding tert-OH is 2. The molecule has 0 aliphatic carbocycles. The Hall–Kier alpha value is -4.00. The van der Waals surface area contributed by atoms with Gasteiger partial charge in [0.25, 0.3) is 5.91 Å². The number of anilines is 1. The number of β-lactam (4-membered cyclic amide) rings is 1. The van der Waals surface area contributed by atoms with Crippen molar-refractivity contribution in [2.75, 3.05) is 25.4 Å². The van der Waals surface area contributed by atoms with Crippen molar-refractivity contribution in [1.82, 2.24) is 35.1 Å². The number of amides is 3. The fourth-order valence-corrected chi connectivity index (χ4v) is 4.75. The number of nitrogens with one attached hydrogen (secondary N) is 2. The van der Waals surface area contributed by atoms with Crippen LogP contribution in [0, 0.1) is 17.8 Å². The molecular formula is C24H30N8O7. The highest BCUT2D eigenvalue weighted by Gasteiger charge is 2.47. The SMILES string of the molecule is CCNC(=O)C1OC(n2cnc3c(N)nc(C#CCC4CCN(C(=O)OC5CC(=O)N5)CC4)nc32)C(O)C1O. The number of nitrogen functional groups attached to an aromatic ring is 1. The molecule has 15 heteroatoms. The first-order chi connectivity index (χ1) is 18.7. The third-order valence-corrected chi connectivity index (χ3v) is 6.97. The molecule has 3 saturated heterocycles. The van der Waals surface area contributed by atoms with Crippen molar-refractivity contribution in [3.63, 3.8) is 0 Å². The van der Waals surface area contributed by atoms with E-state index in [1.807, 2.05) is 0 Å². The van der Waals surface area contributed by atoms with E-state index < -0.39 is 42.8 Å². The van der Waals surface area contributed by atoms with Gasteiger partial charge in [-0.1, -0.05) is 5.92 Å². The van der Waals surface area contributed by atoms with Crippen LogP contribution >= 0.6 is 0 Å². The van der Waals surface area contributed by atoms with Gasteiger partial charge in [0.2, 0.25) is 11.7 Å². The summed E-state index contributed by atoms with van der Waals surface area (Å²) in [5.74, 6) is 5.84. The molecule has 3 fully saturated rings. The van der Waals surface area contributed by atoms with Crippen LogP contribution in [0.5, 0.6) is 0 Å². The summed E-state index contributed by atoms with van der Waals surface area (Å²) < 4.78 is 12.3. The van der Waals surface area contributed by atoms with Crippen LogP contribution in [0.1, 0.15) is 44.7 Å². The van der Waals surface area contributed by atoms with Crippen molar-refractivity contribution < 1.29 is 34.1 Å². The predicted octanol–water partition coefficient (Wildman–Crippen LogP) is -1.40. The number of ether oxygens (including phenoxy) is 2. The third-order valence-electron chi connectivity index (χ3n) is 6.97. The number of nitrogens with zero attached hydrogens (tertiary/aromatic N) is 5. The Kier molecular flexibility index (Phi) is 7.51. The van der Waals surface area contributed by atoms with Gasteiger partial charge in [-0.05, 0) is 31.6 Å². The zero-order chi connectivity index (χ0) is 27.7. The van der Waals surface area contributed by atoms with Crippen molar-refractivity contribution in [2.24, 2.45) is 5.92 Å². The van der Waals surface area contributed by atoms with Gasteiger partial charge in [0.1, 0.15) is 17.7 Å². The Labute approximate surface area is 223 Å². The Morgan fingerprint density at radius 3 is 2.72 bits per heavy atom. The van der Waals surface area contributed by atoms with Crippen molar-refractivity contribution in [2.45, 2.75) is 63.4 Å². The summed E-state index contributed by atoms with van der Waals surface area (Å²) in [7, 11) is 0.